The summed E-state index contributed by atoms with van der Waals surface area (Å²) in [7, 11) is 1.29. The molecular weight excluding hydrogens is 294 g/mol. The number of nitrogens with zero attached hydrogens (tertiary/aromatic N) is 2. The average Bonchev–Trinajstić information content (AvgIpc) is 2.36. The van der Waals surface area contributed by atoms with E-state index in [1.54, 1.807) is 20.8 Å². The van der Waals surface area contributed by atoms with E-state index in [1.807, 2.05) is 0 Å². The number of esters is 1. The van der Waals surface area contributed by atoms with Crippen LogP contribution in [-0.4, -0.2) is 33.5 Å². The van der Waals surface area contributed by atoms with Gasteiger partial charge in [0, 0.05) is 19.3 Å². The third-order valence-corrected chi connectivity index (χ3v) is 2.44. The Hall–Kier alpha value is -2.71. The highest BCUT2D eigenvalue weighted by Gasteiger charge is 2.20. The van der Waals surface area contributed by atoms with Crippen LogP contribution in [0.1, 0.15) is 31.1 Å². The fourth-order valence-corrected chi connectivity index (χ4v) is 1.58. The summed E-state index contributed by atoms with van der Waals surface area (Å²) in [5.74, 6) is -1.36. The molecule has 1 rings (SSSR count). The van der Waals surface area contributed by atoms with Gasteiger partial charge in [0.25, 0.3) is 5.91 Å². The highest BCUT2D eigenvalue weighted by atomic mass is 16.6. The lowest BCUT2D eigenvalue weighted by atomic mass is 10.2. The topological polar surface area (TPSA) is 121 Å². The predicted molar refractivity (Wildman–Crippen MR) is 76.5 cm³/mol. The van der Waals surface area contributed by atoms with Gasteiger partial charge >= 0.3 is 17.2 Å². The summed E-state index contributed by atoms with van der Waals surface area (Å²) in [6, 6.07) is 0.868. The molecule has 0 aliphatic carbocycles. The summed E-state index contributed by atoms with van der Waals surface area (Å²) in [4.78, 5) is 44.8. The minimum Gasteiger partial charge on any atom is -0.459 e. The maximum atomic E-state index is 11.9. The minimum absolute atomic E-state index is 0.0997. The van der Waals surface area contributed by atoms with Crippen molar-refractivity contribution in [3.05, 3.63) is 38.3 Å². The summed E-state index contributed by atoms with van der Waals surface area (Å²) in [5.41, 5.74) is -2.32. The fraction of sp³-hybridized carbons (Fsp3) is 0.462. The van der Waals surface area contributed by atoms with Crippen LogP contribution in [0.3, 0.4) is 0 Å². The van der Waals surface area contributed by atoms with Crippen molar-refractivity contribution < 1.29 is 19.2 Å². The third kappa shape index (κ3) is 4.69. The number of nitro groups is 1. The molecule has 1 aromatic rings. The molecule has 0 aromatic carbocycles. The molecule has 0 saturated carbocycles. The molecule has 1 aromatic heterocycles. The third-order valence-electron chi connectivity index (χ3n) is 2.44. The van der Waals surface area contributed by atoms with Crippen LogP contribution in [0.2, 0.25) is 0 Å². The minimum atomic E-state index is -0.868. The van der Waals surface area contributed by atoms with Gasteiger partial charge in [0.1, 0.15) is 12.1 Å². The Kier molecular flexibility index (Phi) is 5.02. The van der Waals surface area contributed by atoms with Crippen molar-refractivity contribution in [1.29, 1.82) is 0 Å². The van der Waals surface area contributed by atoms with Gasteiger partial charge in [0.05, 0.1) is 10.5 Å². The van der Waals surface area contributed by atoms with Gasteiger partial charge in [-0.15, -0.1) is 0 Å². The Labute approximate surface area is 126 Å². The molecule has 0 aliphatic rings. The van der Waals surface area contributed by atoms with Crippen LogP contribution in [0.4, 0.5) is 5.69 Å². The number of pyridine rings is 1. The highest BCUT2D eigenvalue weighted by Crippen LogP contribution is 2.08. The zero-order chi connectivity index (χ0) is 17.1. The van der Waals surface area contributed by atoms with Gasteiger partial charge in [0.2, 0.25) is 0 Å². The first-order valence-electron chi connectivity index (χ1n) is 6.36. The van der Waals surface area contributed by atoms with Crippen LogP contribution < -0.4 is 10.9 Å². The molecule has 1 amide bonds. The summed E-state index contributed by atoms with van der Waals surface area (Å²) >= 11 is 0. The molecule has 9 nitrogen and oxygen atoms in total. The maximum Gasteiger partial charge on any atom is 0.334 e. The van der Waals surface area contributed by atoms with Gasteiger partial charge < -0.3 is 14.6 Å². The first-order valence-corrected chi connectivity index (χ1v) is 6.36. The van der Waals surface area contributed by atoms with E-state index in [9.17, 15) is 24.5 Å². The first-order chi connectivity index (χ1) is 10.0. The Bertz CT molecular complexity index is 671. The number of amides is 1. The average molecular weight is 311 g/mol. The maximum absolute atomic E-state index is 11.9. The van der Waals surface area contributed by atoms with E-state index in [-0.39, 0.29) is 12.1 Å². The van der Waals surface area contributed by atoms with Crippen LogP contribution in [0.5, 0.6) is 0 Å². The van der Waals surface area contributed by atoms with E-state index >= 15 is 0 Å². The van der Waals surface area contributed by atoms with Crippen LogP contribution >= 0.6 is 0 Å². The molecule has 9 heteroatoms. The Morgan fingerprint density at radius 3 is 2.50 bits per heavy atom. The zero-order valence-corrected chi connectivity index (χ0v) is 12.7. The molecule has 0 fully saturated rings. The van der Waals surface area contributed by atoms with Crippen LogP contribution in [0, 0.1) is 10.1 Å². The van der Waals surface area contributed by atoms with Crippen molar-refractivity contribution in [2.45, 2.75) is 26.4 Å². The number of ether oxygens (including phenoxy) is 1. The molecule has 0 bridgehead atoms. The lowest BCUT2D eigenvalue weighted by molar-refractivity contribution is -0.386. The van der Waals surface area contributed by atoms with E-state index in [2.05, 4.69) is 5.32 Å². The van der Waals surface area contributed by atoms with Crippen LogP contribution in [0.25, 0.3) is 0 Å². The highest BCUT2D eigenvalue weighted by molar-refractivity contribution is 5.96. The van der Waals surface area contributed by atoms with Crippen molar-refractivity contribution in [1.82, 2.24) is 9.88 Å². The normalized spacial score (nSPS) is 10.9. The number of hydrogen-bond acceptors (Lipinski definition) is 6. The molecule has 0 radical (unpaired) electrons. The number of aromatic nitrogens is 1. The molecule has 120 valence electrons. The van der Waals surface area contributed by atoms with Crippen molar-refractivity contribution in [2.24, 2.45) is 7.05 Å². The van der Waals surface area contributed by atoms with E-state index in [0.717, 1.165) is 16.8 Å². The van der Waals surface area contributed by atoms with Gasteiger partial charge in [-0.3, -0.25) is 24.5 Å². The molecule has 0 atom stereocenters. The van der Waals surface area contributed by atoms with Gasteiger partial charge in [-0.25, -0.2) is 0 Å². The standard InChI is InChI=1S/C13H17N3O6/c1-13(2,3)22-10(17)6-14-11(18)8-5-9(16(20)21)12(19)15(4)7-8/h5,7H,6H2,1-4H3,(H,14,18). The summed E-state index contributed by atoms with van der Waals surface area (Å²) < 4.78 is 5.94. The number of hydrogen-bond donors (Lipinski definition) is 1. The van der Waals surface area contributed by atoms with E-state index in [4.69, 9.17) is 4.74 Å². The largest absolute Gasteiger partial charge is 0.459 e. The molecular formula is C13H17N3O6. The zero-order valence-electron chi connectivity index (χ0n) is 12.7. The van der Waals surface area contributed by atoms with E-state index in [1.165, 1.54) is 7.05 Å². The Morgan fingerprint density at radius 1 is 1.41 bits per heavy atom. The molecule has 0 unspecified atom stereocenters. The summed E-state index contributed by atoms with van der Waals surface area (Å²) in [5, 5.41) is 13.0. The van der Waals surface area contributed by atoms with Crippen LogP contribution in [0.15, 0.2) is 17.1 Å². The lowest BCUT2D eigenvalue weighted by Crippen LogP contribution is -2.35. The number of carbonyl (C=O) groups excluding carboxylic acids is 2. The molecule has 0 spiro atoms. The van der Waals surface area contributed by atoms with Crippen molar-refractivity contribution in [3.8, 4) is 0 Å². The predicted octanol–water partition coefficient (Wildman–Crippen LogP) is 0.365. The van der Waals surface area contributed by atoms with Gasteiger partial charge in [-0.2, -0.15) is 0 Å². The molecule has 22 heavy (non-hydrogen) atoms. The smallest absolute Gasteiger partial charge is 0.334 e. The van der Waals surface area contributed by atoms with Crippen molar-refractivity contribution in [3.63, 3.8) is 0 Å². The SMILES string of the molecule is Cn1cc(C(=O)NCC(=O)OC(C)(C)C)cc([N+](=O)[O-])c1=O. The van der Waals surface area contributed by atoms with Crippen LogP contribution in [-0.2, 0) is 16.6 Å². The van der Waals surface area contributed by atoms with Crippen molar-refractivity contribution in [2.75, 3.05) is 6.54 Å². The molecule has 0 aliphatic heterocycles. The monoisotopic (exact) mass is 311 g/mol. The lowest BCUT2D eigenvalue weighted by Gasteiger charge is -2.19. The van der Waals surface area contributed by atoms with Gasteiger partial charge in [-0.05, 0) is 20.8 Å². The number of nitrogens with one attached hydrogen (secondary N) is 1. The number of carbonyl (C=O) groups is 2. The molecule has 1 heterocycles. The van der Waals surface area contributed by atoms with Gasteiger partial charge in [0.15, 0.2) is 0 Å². The van der Waals surface area contributed by atoms with Gasteiger partial charge in [-0.1, -0.05) is 0 Å². The van der Waals surface area contributed by atoms with E-state index in [0.29, 0.717) is 0 Å². The number of aryl methyl sites for hydroxylation is 1. The number of rotatable bonds is 4. The second-order valence-electron chi connectivity index (χ2n) is 5.56. The van der Waals surface area contributed by atoms with Crippen molar-refractivity contribution >= 4 is 17.6 Å². The fourth-order valence-electron chi connectivity index (χ4n) is 1.58. The summed E-state index contributed by atoms with van der Waals surface area (Å²) in [6.45, 7) is 4.67. The quantitative estimate of drug-likeness (QED) is 0.487. The van der Waals surface area contributed by atoms with E-state index < -0.39 is 33.6 Å². The Balaban J connectivity index is 2.85. The second kappa shape index (κ2) is 6.37. The molecule has 0 saturated heterocycles. The Morgan fingerprint density at radius 2 is 2.00 bits per heavy atom. The second-order valence-corrected chi connectivity index (χ2v) is 5.56. The first kappa shape index (κ1) is 17.3. The summed E-state index contributed by atoms with van der Waals surface area (Å²) in [6.07, 6.45) is 1.15. The molecule has 1 N–H and O–H groups in total.